The molecule has 3 aromatic rings. The minimum atomic E-state index is -0.323. The summed E-state index contributed by atoms with van der Waals surface area (Å²) < 4.78 is 25.2. The van der Waals surface area contributed by atoms with Crippen LogP contribution in [-0.2, 0) is 13.0 Å². The second-order valence-electron chi connectivity index (χ2n) is 5.92. The summed E-state index contributed by atoms with van der Waals surface area (Å²) in [5, 5.41) is 12.5. The van der Waals surface area contributed by atoms with Crippen molar-refractivity contribution in [3.8, 4) is 5.75 Å². The number of nitrogens with zero attached hydrogens (tertiary/aromatic N) is 5. The van der Waals surface area contributed by atoms with Gasteiger partial charge >= 0.3 is 0 Å². The molecule has 2 aromatic heterocycles. The van der Waals surface area contributed by atoms with Crippen LogP contribution in [0.5, 0.6) is 5.75 Å². The van der Waals surface area contributed by atoms with Crippen molar-refractivity contribution < 1.29 is 13.7 Å². The van der Waals surface area contributed by atoms with Crippen molar-refractivity contribution >= 4 is 11.8 Å². The van der Waals surface area contributed by atoms with Crippen LogP contribution in [0.4, 0.5) is 4.39 Å². The molecule has 0 saturated carbocycles. The highest BCUT2D eigenvalue weighted by Crippen LogP contribution is 2.32. The molecule has 0 bridgehead atoms. The Bertz CT molecular complexity index is 867. The molecule has 0 spiro atoms. The molecule has 10 heteroatoms. The lowest BCUT2D eigenvalue weighted by Crippen LogP contribution is -2.16. The zero-order chi connectivity index (χ0) is 19.2. The summed E-state index contributed by atoms with van der Waals surface area (Å²) in [7, 11) is 0. The Morgan fingerprint density at radius 3 is 2.81 bits per heavy atom. The smallest absolute Gasteiger partial charge is 0.239 e. The number of hydrogen-bond donors (Lipinski definition) is 1. The Balaban J connectivity index is 1.59. The Kier molecular flexibility index (Phi) is 6.28. The minimum Gasteiger partial charge on any atom is -0.486 e. The van der Waals surface area contributed by atoms with Crippen LogP contribution in [-0.4, -0.2) is 25.0 Å². The fourth-order valence-corrected chi connectivity index (χ4v) is 3.06. The summed E-state index contributed by atoms with van der Waals surface area (Å²) in [6.45, 7) is 4.17. The number of hydrogen-bond acceptors (Lipinski definition) is 8. The number of thioether (sulfide) groups is 1. The van der Waals surface area contributed by atoms with Crippen LogP contribution in [0.15, 0.2) is 33.9 Å². The van der Waals surface area contributed by atoms with Crippen molar-refractivity contribution in [3.05, 3.63) is 47.6 Å². The van der Waals surface area contributed by atoms with E-state index in [0.717, 1.165) is 19.3 Å². The first-order valence-corrected chi connectivity index (χ1v) is 9.51. The predicted octanol–water partition coefficient (Wildman–Crippen LogP) is 3.29. The molecule has 2 heterocycles. The van der Waals surface area contributed by atoms with Gasteiger partial charge in [0.1, 0.15) is 18.2 Å². The molecule has 1 aromatic carbocycles. The van der Waals surface area contributed by atoms with Crippen LogP contribution in [0.2, 0.25) is 0 Å². The van der Waals surface area contributed by atoms with Crippen molar-refractivity contribution in [2.45, 2.75) is 50.1 Å². The van der Waals surface area contributed by atoms with Crippen molar-refractivity contribution in [2.24, 2.45) is 0 Å². The first-order valence-electron chi connectivity index (χ1n) is 8.63. The minimum absolute atomic E-state index is 0.117. The lowest BCUT2D eigenvalue weighted by molar-refractivity contribution is 0.291. The molecule has 0 radical (unpaired) electrons. The van der Waals surface area contributed by atoms with Crippen LogP contribution in [0.3, 0.4) is 0 Å². The van der Waals surface area contributed by atoms with Crippen LogP contribution < -0.4 is 10.6 Å². The van der Waals surface area contributed by atoms with Crippen LogP contribution in [0.25, 0.3) is 0 Å². The first-order chi connectivity index (χ1) is 13.1. The van der Waals surface area contributed by atoms with Gasteiger partial charge in [-0.25, -0.2) is 9.07 Å². The molecule has 0 saturated heterocycles. The largest absolute Gasteiger partial charge is 0.486 e. The van der Waals surface area contributed by atoms with Gasteiger partial charge in [0.15, 0.2) is 11.6 Å². The van der Waals surface area contributed by atoms with Gasteiger partial charge in [0.2, 0.25) is 11.0 Å². The van der Waals surface area contributed by atoms with E-state index in [2.05, 4.69) is 27.3 Å². The van der Waals surface area contributed by atoms with Gasteiger partial charge in [-0.2, -0.15) is 4.98 Å². The van der Waals surface area contributed by atoms with Crippen LogP contribution in [0, 0.1) is 5.82 Å². The highest BCUT2D eigenvalue weighted by atomic mass is 32.2. The highest BCUT2D eigenvalue weighted by molar-refractivity contribution is 7.99. The number of aryl methyl sites for hydroxylation is 1. The van der Waals surface area contributed by atoms with Gasteiger partial charge < -0.3 is 15.1 Å². The van der Waals surface area contributed by atoms with Crippen molar-refractivity contribution in [2.75, 3.05) is 5.84 Å². The molecule has 1 unspecified atom stereocenters. The third-order valence-electron chi connectivity index (χ3n) is 3.78. The van der Waals surface area contributed by atoms with E-state index in [1.807, 2.05) is 6.92 Å². The van der Waals surface area contributed by atoms with Crippen LogP contribution >= 0.6 is 11.8 Å². The average Bonchev–Trinajstić information content (AvgIpc) is 3.27. The van der Waals surface area contributed by atoms with E-state index in [4.69, 9.17) is 15.1 Å². The van der Waals surface area contributed by atoms with E-state index in [1.165, 1.54) is 40.7 Å². The van der Waals surface area contributed by atoms with Gasteiger partial charge in [-0.05, 0) is 37.6 Å². The normalized spacial score (nSPS) is 12.3. The van der Waals surface area contributed by atoms with Crippen molar-refractivity contribution in [1.82, 2.24) is 25.0 Å². The van der Waals surface area contributed by atoms with Gasteiger partial charge in [0, 0.05) is 6.42 Å². The average molecular weight is 392 g/mol. The third-order valence-corrected chi connectivity index (χ3v) is 4.83. The summed E-state index contributed by atoms with van der Waals surface area (Å²) in [4.78, 5) is 4.41. The second kappa shape index (κ2) is 8.85. The van der Waals surface area contributed by atoms with Gasteiger partial charge in [-0.1, -0.05) is 30.3 Å². The maximum Gasteiger partial charge on any atom is 0.239 e. The SMILES string of the molecule is CCCCc1noc(C(C)Sc2nnc(COc3ccc(F)cc3)n2N)n1. The molecule has 27 heavy (non-hydrogen) atoms. The molecule has 1 atom stereocenters. The summed E-state index contributed by atoms with van der Waals surface area (Å²) in [6, 6.07) is 5.72. The Morgan fingerprint density at radius 2 is 2.07 bits per heavy atom. The summed E-state index contributed by atoms with van der Waals surface area (Å²) >= 11 is 1.37. The van der Waals surface area contributed by atoms with Crippen molar-refractivity contribution in [3.63, 3.8) is 0 Å². The van der Waals surface area contributed by atoms with E-state index >= 15 is 0 Å². The number of benzene rings is 1. The summed E-state index contributed by atoms with van der Waals surface area (Å²) in [6.07, 6.45) is 2.90. The van der Waals surface area contributed by atoms with E-state index in [1.54, 1.807) is 0 Å². The molecule has 0 amide bonds. The number of aromatic nitrogens is 5. The molecule has 0 aliphatic heterocycles. The fourth-order valence-electron chi connectivity index (χ4n) is 2.24. The van der Waals surface area contributed by atoms with Gasteiger partial charge in [-0.3, -0.25) is 0 Å². The van der Waals surface area contributed by atoms with E-state index < -0.39 is 0 Å². The summed E-state index contributed by atoms with van der Waals surface area (Å²) in [5.74, 6) is 7.93. The third kappa shape index (κ3) is 4.97. The van der Waals surface area contributed by atoms with E-state index in [9.17, 15) is 4.39 Å². The number of ether oxygens (including phenoxy) is 1. The zero-order valence-electron chi connectivity index (χ0n) is 15.1. The predicted molar refractivity (Wildman–Crippen MR) is 98.1 cm³/mol. The maximum absolute atomic E-state index is 12.9. The lowest BCUT2D eigenvalue weighted by Gasteiger charge is -2.07. The fraction of sp³-hybridized carbons (Fsp3) is 0.412. The molecule has 2 N–H and O–H groups in total. The Labute approximate surface area is 160 Å². The molecule has 8 nitrogen and oxygen atoms in total. The quantitative estimate of drug-likeness (QED) is 0.437. The van der Waals surface area contributed by atoms with E-state index in [-0.39, 0.29) is 17.7 Å². The van der Waals surface area contributed by atoms with E-state index in [0.29, 0.717) is 28.4 Å². The van der Waals surface area contributed by atoms with Gasteiger partial charge in [0.05, 0.1) is 5.25 Å². The second-order valence-corrected chi connectivity index (χ2v) is 7.23. The number of nitrogen functional groups attached to an aromatic ring is 1. The van der Waals surface area contributed by atoms with Crippen molar-refractivity contribution in [1.29, 1.82) is 0 Å². The molecule has 144 valence electrons. The van der Waals surface area contributed by atoms with Gasteiger partial charge in [0.25, 0.3) is 0 Å². The Hall–Kier alpha value is -2.62. The number of rotatable bonds is 9. The number of nitrogens with two attached hydrogens (primary N) is 1. The Morgan fingerprint density at radius 1 is 1.30 bits per heavy atom. The lowest BCUT2D eigenvalue weighted by atomic mass is 10.2. The molecular weight excluding hydrogens is 371 g/mol. The molecule has 3 rings (SSSR count). The number of halogens is 1. The molecule has 0 aliphatic carbocycles. The zero-order valence-corrected chi connectivity index (χ0v) is 15.9. The molecular formula is C17H21FN6O2S. The molecule has 0 fully saturated rings. The standard InChI is InChI=1S/C17H21FN6O2S/c1-3-4-5-14-20-16(26-23-14)11(2)27-17-22-21-15(24(17)19)10-25-13-8-6-12(18)7-9-13/h6-9,11H,3-5,10,19H2,1-2H3. The topological polar surface area (TPSA) is 105 Å². The highest BCUT2D eigenvalue weighted by Gasteiger charge is 2.20. The first kappa shape index (κ1) is 19.2. The molecule has 0 aliphatic rings. The van der Waals surface area contributed by atoms with Gasteiger partial charge in [-0.15, -0.1) is 10.2 Å². The number of unbranched alkanes of at least 4 members (excludes halogenated alkanes) is 1. The maximum atomic E-state index is 12.9. The monoisotopic (exact) mass is 392 g/mol. The summed E-state index contributed by atoms with van der Waals surface area (Å²) in [5.41, 5.74) is 0. The van der Waals surface area contributed by atoms with Crippen LogP contribution in [0.1, 0.15) is 49.5 Å².